The van der Waals surface area contributed by atoms with E-state index in [-0.39, 0.29) is 24.5 Å². The van der Waals surface area contributed by atoms with E-state index >= 15 is 0 Å². The van der Waals surface area contributed by atoms with Gasteiger partial charge in [-0.25, -0.2) is 4.98 Å². The number of nitrogens with one attached hydrogen (secondary N) is 1. The second-order valence-electron chi connectivity index (χ2n) is 6.55. The molecule has 0 spiro atoms. The molecule has 0 saturated carbocycles. The third kappa shape index (κ3) is 2.62. The summed E-state index contributed by atoms with van der Waals surface area (Å²) in [5, 5.41) is 2.80. The maximum atomic E-state index is 12.7. The molecule has 0 unspecified atom stereocenters. The fourth-order valence-corrected chi connectivity index (χ4v) is 4.02. The van der Waals surface area contributed by atoms with Gasteiger partial charge in [0.15, 0.2) is 5.92 Å². The first-order valence-corrected chi connectivity index (χ1v) is 8.80. The number of ether oxygens (including phenoxy) is 1. The van der Waals surface area contributed by atoms with Gasteiger partial charge in [0.05, 0.1) is 23.7 Å². The highest BCUT2D eigenvalue weighted by molar-refractivity contribution is 6.06. The first-order valence-electron chi connectivity index (χ1n) is 8.80. The van der Waals surface area contributed by atoms with Gasteiger partial charge in [-0.1, -0.05) is 24.3 Å². The van der Waals surface area contributed by atoms with Crippen LogP contribution >= 0.6 is 0 Å². The summed E-state index contributed by atoms with van der Waals surface area (Å²) in [4.78, 5) is 29.9. The molecule has 4 rings (SSSR count). The molecule has 1 amide bonds. The van der Waals surface area contributed by atoms with Crippen molar-refractivity contribution >= 4 is 28.9 Å². The summed E-state index contributed by atoms with van der Waals surface area (Å²) in [7, 11) is 0. The number of benzene rings is 1. The number of imidazole rings is 1. The maximum absolute atomic E-state index is 12.7. The summed E-state index contributed by atoms with van der Waals surface area (Å²) in [6, 6.07) is 7.50. The Balaban J connectivity index is 1.87. The number of esters is 1. The van der Waals surface area contributed by atoms with Crippen molar-refractivity contribution in [2.45, 2.75) is 32.2 Å². The molecule has 1 N–H and O–H groups in total. The van der Waals surface area contributed by atoms with E-state index in [1.54, 1.807) is 6.92 Å². The molecular weight excluding hydrogens is 318 g/mol. The first kappa shape index (κ1) is 15.9. The highest BCUT2D eigenvalue weighted by Gasteiger charge is 2.46. The van der Waals surface area contributed by atoms with Crippen molar-refractivity contribution in [1.29, 1.82) is 0 Å². The number of para-hydroxylation sites is 2. The average Bonchev–Trinajstić information content (AvgIpc) is 2.99. The van der Waals surface area contributed by atoms with Crippen LogP contribution in [0.5, 0.6) is 0 Å². The Hall–Kier alpha value is -2.63. The Bertz CT molecular complexity index is 855. The summed E-state index contributed by atoms with van der Waals surface area (Å²) >= 11 is 0. The Kier molecular flexibility index (Phi) is 4.03. The van der Waals surface area contributed by atoms with Crippen LogP contribution in [0.25, 0.3) is 11.0 Å². The van der Waals surface area contributed by atoms with E-state index in [0.29, 0.717) is 5.95 Å². The quantitative estimate of drug-likeness (QED) is 0.530. The molecule has 25 heavy (non-hydrogen) atoms. The van der Waals surface area contributed by atoms with Gasteiger partial charge in [-0.3, -0.25) is 14.9 Å². The highest BCUT2D eigenvalue weighted by atomic mass is 16.5. The zero-order valence-corrected chi connectivity index (χ0v) is 14.1. The summed E-state index contributed by atoms with van der Waals surface area (Å²) in [6.07, 6.45) is 7.05. The Morgan fingerprint density at radius 3 is 2.96 bits per heavy atom. The molecule has 2 aromatic rings. The van der Waals surface area contributed by atoms with Crippen LogP contribution in [0.2, 0.25) is 0 Å². The van der Waals surface area contributed by atoms with Gasteiger partial charge in [0, 0.05) is 0 Å². The zero-order valence-electron chi connectivity index (χ0n) is 14.1. The summed E-state index contributed by atoms with van der Waals surface area (Å²) < 4.78 is 7.25. The first-order chi connectivity index (χ1) is 12.2. The average molecular weight is 339 g/mol. The van der Waals surface area contributed by atoms with Crippen molar-refractivity contribution in [1.82, 2.24) is 9.55 Å². The molecule has 0 bridgehead atoms. The van der Waals surface area contributed by atoms with Crippen molar-refractivity contribution in [2.75, 3.05) is 11.9 Å². The van der Waals surface area contributed by atoms with Crippen LogP contribution in [0.15, 0.2) is 36.4 Å². The van der Waals surface area contributed by atoms with E-state index in [0.717, 1.165) is 30.3 Å². The molecule has 1 aliphatic carbocycles. The number of aromatic nitrogens is 2. The standard InChI is InChI=1S/C19H21N3O3/c1-2-25-18(24)15-16(12-8-4-3-5-9-12)22-14-11-7-6-10-13(14)20-19(22)21-17(15)23/h3-4,6-7,10-12,15-16H,2,5,8-9H2,1H3,(H,20,21,23)/t12-,15-,16-/m0/s1. The lowest BCUT2D eigenvalue weighted by Gasteiger charge is -2.37. The van der Waals surface area contributed by atoms with Crippen molar-refractivity contribution in [3.05, 3.63) is 36.4 Å². The van der Waals surface area contributed by atoms with Crippen LogP contribution in [-0.4, -0.2) is 28.0 Å². The second kappa shape index (κ2) is 6.35. The molecule has 3 atom stereocenters. The number of hydrogen-bond donors (Lipinski definition) is 1. The van der Waals surface area contributed by atoms with Gasteiger partial charge < -0.3 is 9.30 Å². The number of rotatable bonds is 3. The van der Waals surface area contributed by atoms with Gasteiger partial charge in [-0.05, 0) is 44.2 Å². The van der Waals surface area contributed by atoms with E-state index in [2.05, 4.69) is 22.5 Å². The molecule has 0 fully saturated rings. The number of amides is 1. The largest absolute Gasteiger partial charge is 0.465 e. The van der Waals surface area contributed by atoms with Crippen LogP contribution in [0.4, 0.5) is 5.95 Å². The van der Waals surface area contributed by atoms with E-state index in [1.165, 1.54) is 0 Å². The minimum absolute atomic E-state index is 0.196. The molecule has 130 valence electrons. The third-order valence-electron chi connectivity index (χ3n) is 5.09. The fourth-order valence-electron chi connectivity index (χ4n) is 4.02. The van der Waals surface area contributed by atoms with Crippen LogP contribution < -0.4 is 5.32 Å². The van der Waals surface area contributed by atoms with Crippen molar-refractivity contribution in [3.8, 4) is 0 Å². The molecule has 1 aromatic heterocycles. The number of carbonyl (C=O) groups is 2. The van der Waals surface area contributed by atoms with Crippen LogP contribution in [0.1, 0.15) is 32.2 Å². The minimum atomic E-state index is -0.846. The predicted octanol–water partition coefficient (Wildman–Crippen LogP) is 3.07. The number of anilines is 1. The van der Waals surface area contributed by atoms with Gasteiger partial charge in [0.25, 0.3) is 0 Å². The smallest absolute Gasteiger partial charge is 0.320 e. The van der Waals surface area contributed by atoms with Gasteiger partial charge in [0.2, 0.25) is 11.9 Å². The van der Waals surface area contributed by atoms with Crippen LogP contribution in [0, 0.1) is 11.8 Å². The molecular formula is C19H21N3O3. The van der Waals surface area contributed by atoms with Gasteiger partial charge >= 0.3 is 5.97 Å². The van der Waals surface area contributed by atoms with E-state index in [9.17, 15) is 9.59 Å². The fraction of sp³-hybridized carbons (Fsp3) is 0.421. The topological polar surface area (TPSA) is 73.2 Å². The van der Waals surface area contributed by atoms with Crippen molar-refractivity contribution in [2.24, 2.45) is 11.8 Å². The van der Waals surface area contributed by atoms with E-state index in [4.69, 9.17) is 4.74 Å². The van der Waals surface area contributed by atoms with E-state index in [1.807, 2.05) is 28.8 Å². The Labute approximate surface area is 145 Å². The lowest BCUT2D eigenvalue weighted by molar-refractivity contribution is -0.154. The van der Waals surface area contributed by atoms with Gasteiger partial charge in [-0.2, -0.15) is 0 Å². The minimum Gasteiger partial charge on any atom is -0.465 e. The summed E-state index contributed by atoms with van der Waals surface area (Å²) in [5.41, 5.74) is 1.75. The number of carbonyl (C=O) groups excluding carboxylic acids is 2. The number of fused-ring (bicyclic) bond motifs is 3. The normalized spacial score (nSPS) is 25.5. The van der Waals surface area contributed by atoms with Crippen LogP contribution in [0.3, 0.4) is 0 Å². The Morgan fingerprint density at radius 2 is 2.20 bits per heavy atom. The van der Waals surface area contributed by atoms with Crippen molar-refractivity contribution in [3.63, 3.8) is 0 Å². The van der Waals surface area contributed by atoms with E-state index < -0.39 is 11.9 Å². The Morgan fingerprint density at radius 1 is 1.36 bits per heavy atom. The molecule has 2 heterocycles. The SMILES string of the molecule is CCOC(=O)[C@@H]1C(=O)Nc2nc3ccccc3n2[C@H]1[C@H]1CC=CCC1. The van der Waals surface area contributed by atoms with Crippen molar-refractivity contribution < 1.29 is 14.3 Å². The molecule has 0 saturated heterocycles. The predicted molar refractivity (Wildman–Crippen MR) is 94.0 cm³/mol. The molecule has 1 aromatic carbocycles. The zero-order chi connectivity index (χ0) is 17.4. The number of hydrogen-bond acceptors (Lipinski definition) is 4. The summed E-state index contributed by atoms with van der Waals surface area (Å²) in [6.45, 7) is 2.02. The number of nitrogens with zero attached hydrogens (tertiary/aromatic N) is 2. The summed E-state index contributed by atoms with van der Waals surface area (Å²) in [5.74, 6) is -0.904. The maximum Gasteiger partial charge on any atom is 0.320 e. The number of allylic oxidation sites excluding steroid dienone is 2. The lowest BCUT2D eigenvalue weighted by atomic mass is 9.79. The van der Waals surface area contributed by atoms with Gasteiger partial charge in [0.1, 0.15) is 0 Å². The molecule has 1 aliphatic heterocycles. The second-order valence-corrected chi connectivity index (χ2v) is 6.55. The van der Waals surface area contributed by atoms with Crippen LogP contribution in [-0.2, 0) is 14.3 Å². The third-order valence-corrected chi connectivity index (χ3v) is 5.09. The van der Waals surface area contributed by atoms with Gasteiger partial charge in [-0.15, -0.1) is 0 Å². The molecule has 6 heteroatoms. The molecule has 0 radical (unpaired) electrons. The molecule has 2 aliphatic rings. The monoisotopic (exact) mass is 339 g/mol. The highest BCUT2D eigenvalue weighted by Crippen LogP contribution is 2.42. The lowest BCUT2D eigenvalue weighted by Crippen LogP contribution is -2.45. The molecule has 6 nitrogen and oxygen atoms in total.